The van der Waals surface area contributed by atoms with E-state index < -0.39 is 5.79 Å². The number of aryl methyl sites for hydroxylation is 1. The van der Waals surface area contributed by atoms with Crippen LogP contribution in [0.3, 0.4) is 0 Å². The van der Waals surface area contributed by atoms with Crippen LogP contribution in [0.4, 0.5) is 11.6 Å². The van der Waals surface area contributed by atoms with Gasteiger partial charge in [0.25, 0.3) is 0 Å². The first kappa shape index (κ1) is 23.1. The standard InChI is InChI=1S/C28H29BrN6O2/c1-28(2)36-23-16(9-7-14-6-8-15-11-18(29)25(30)34-19(15)10-14)12-21(24(23)37-28)35-20-5-3-4-17(20)22-26(31)32-13-33-27(22)35/h6-11,13,16,21,23-24H,3-5,12H2,1-2H3,(H2,30,34)(H2,31,32,33)/b9-7+/t16-,21+,23+,24-/m0/s1. The van der Waals surface area contributed by atoms with Crippen molar-refractivity contribution in [2.45, 2.75) is 63.6 Å². The minimum Gasteiger partial charge on any atom is -0.383 e. The van der Waals surface area contributed by atoms with Crippen LogP contribution in [0, 0.1) is 5.92 Å². The van der Waals surface area contributed by atoms with Crippen LogP contribution in [0.1, 0.15) is 49.6 Å². The Morgan fingerprint density at radius 1 is 1.08 bits per heavy atom. The number of hydrogen-bond acceptors (Lipinski definition) is 7. The molecule has 4 heterocycles. The van der Waals surface area contributed by atoms with E-state index in [1.807, 2.05) is 19.9 Å². The number of nitrogens with zero attached hydrogens (tertiary/aromatic N) is 4. The first-order valence-corrected chi connectivity index (χ1v) is 13.6. The van der Waals surface area contributed by atoms with E-state index in [1.54, 1.807) is 6.33 Å². The maximum Gasteiger partial charge on any atom is 0.163 e. The Hall–Kier alpha value is -3.01. The number of rotatable bonds is 3. The minimum atomic E-state index is -0.641. The third kappa shape index (κ3) is 3.66. The van der Waals surface area contributed by atoms with Gasteiger partial charge < -0.3 is 25.5 Å². The lowest BCUT2D eigenvalue weighted by Crippen LogP contribution is -2.28. The molecule has 0 unspecified atom stereocenters. The van der Waals surface area contributed by atoms with Gasteiger partial charge >= 0.3 is 0 Å². The van der Waals surface area contributed by atoms with Crippen LogP contribution < -0.4 is 11.5 Å². The molecule has 4 N–H and O–H groups in total. The van der Waals surface area contributed by atoms with Gasteiger partial charge in [0, 0.05) is 17.0 Å². The lowest BCUT2D eigenvalue weighted by molar-refractivity contribution is -0.158. The van der Waals surface area contributed by atoms with Crippen LogP contribution >= 0.6 is 15.9 Å². The third-order valence-electron chi connectivity index (χ3n) is 8.03. The van der Waals surface area contributed by atoms with Crippen molar-refractivity contribution >= 4 is 55.6 Å². The zero-order valence-corrected chi connectivity index (χ0v) is 22.4. The number of ether oxygens (including phenoxy) is 2. The summed E-state index contributed by atoms with van der Waals surface area (Å²) >= 11 is 3.46. The molecular weight excluding hydrogens is 532 g/mol. The minimum absolute atomic E-state index is 0.0462. The number of nitrogen functional groups attached to an aromatic ring is 2. The maximum atomic E-state index is 6.53. The predicted octanol–water partition coefficient (Wildman–Crippen LogP) is 5.19. The number of anilines is 2. The van der Waals surface area contributed by atoms with Gasteiger partial charge in [0.2, 0.25) is 0 Å². The van der Waals surface area contributed by atoms with Crippen molar-refractivity contribution in [3.63, 3.8) is 0 Å². The fourth-order valence-electron chi connectivity index (χ4n) is 6.55. The molecule has 1 saturated heterocycles. The molecule has 2 fully saturated rings. The molecule has 1 aromatic carbocycles. The average molecular weight is 561 g/mol. The van der Waals surface area contributed by atoms with Crippen molar-refractivity contribution in [1.29, 1.82) is 0 Å². The molecule has 0 radical (unpaired) electrons. The number of hydrogen-bond donors (Lipinski definition) is 2. The first-order valence-electron chi connectivity index (χ1n) is 12.8. The Kier molecular flexibility index (Phi) is 5.15. The molecule has 9 heteroatoms. The zero-order valence-electron chi connectivity index (χ0n) is 20.8. The smallest absolute Gasteiger partial charge is 0.163 e. The second-order valence-corrected chi connectivity index (χ2v) is 11.7. The number of nitrogens with two attached hydrogens (primary N) is 2. The molecule has 7 rings (SSSR count). The average Bonchev–Trinajstić information content (AvgIpc) is 3.58. The molecule has 190 valence electrons. The summed E-state index contributed by atoms with van der Waals surface area (Å²) < 4.78 is 16.2. The molecule has 1 saturated carbocycles. The summed E-state index contributed by atoms with van der Waals surface area (Å²) in [6.45, 7) is 4.00. The van der Waals surface area contributed by atoms with Crippen molar-refractivity contribution in [2.24, 2.45) is 5.92 Å². The predicted molar refractivity (Wildman–Crippen MR) is 148 cm³/mol. The fourth-order valence-corrected chi connectivity index (χ4v) is 6.89. The van der Waals surface area contributed by atoms with E-state index in [-0.39, 0.29) is 24.2 Å². The number of fused-ring (bicyclic) bond motifs is 5. The molecule has 37 heavy (non-hydrogen) atoms. The largest absolute Gasteiger partial charge is 0.383 e. The van der Waals surface area contributed by atoms with Gasteiger partial charge in [-0.25, -0.2) is 15.0 Å². The van der Waals surface area contributed by atoms with Gasteiger partial charge in [0.15, 0.2) is 5.79 Å². The number of halogens is 1. The molecule has 0 spiro atoms. The summed E-state index contributed by atoms with van der Waals surface area (Å²) in [5, 5.41) is 2.06. The summed E-state index contributed by atoms with van der Waals surface area (Å²) in [7, 11) is 0. The van der Waals surface area contributed by atoms with Crippen molar-refractivity contribution in [3.05, 3.63) is 58.0 Å². The molecule has 0 bridgehead atoms. The summed E-state index contributed by atoms with van der Waals surface area (Å²) in [6.07, 6.45) is 9.94. The van der Waals surface area contributed by atoms with Crippen molar-refractivity contribution in [2.75, 3.05) is 11.5 Å². The van der Waals surface area contributed by atoms with Crippen molar-refractivity contribution in [1.82, 2.24) is 19.5 Å². The van der Waals surface area contributed by atoms with Crippen molar-refractivity contribution in [3.8, 4) is 0 Å². The Labute approximate surface area is 223 Å². The molecule has 4 atom stereocenters. The maximum absolute atomic E-state index is 6.53. The van der Waals surface area contributed by atoms with E-state index in [4.69, 9.17) is 25.9 Å². The summed E-state index contributed by atoms with van der Waals surface area (Å²) in [5.41, 5.74) is 17.9. The Bertz CT molecular complexity index is 1600. The normalized spacial score (nSPS) is 26.5. The molecule has 2 aliphatic carbocycles. The second kappa shape index (κ2) is 8.24. The van der Waals surface area contributed by atoms with E-state index >= 15 is 0 Å². The third-order valence-corrected chi connectivity index (χ3v) is 8.67. The molecule has 0 amide bonds. The monoisotopic (exact) mass is 560 g/mol. The van der Waals surface area contributed by atoms with Crippen LogP contribution in [0.2, 0.25) is 0 Å². The van der Waals surface area contributed by atoms with E-state index in [1.165, 1.54) is 11.3 Å². The summed E-state index contributed by atoms with van der Waals surface area (Å²) in [4.78, 5) is 13.5. The van der Waals surface area contributed by atoms with E-state index in [2.05, 4.69) is 60.8 Å². The molecule has 3 aromatic heterocycles. The fraction of sp³-hybridized carbons (Fsp3) is 0.393. The van der Waals surface area contributed by atoms with Crippen LogP contribution in [0.15, 0.2) is 41.1 Å². The number of aromatic nitrogens is 4. The topological polar surface area (TPSA) is 114 Å². The Morgan fingerprint density at radius 3 is 2.78 bits per heavy atom. The summed E-state index contributed by atoms with van der Waals surface area (Å²) in [6, 6.07) is 8.36. The highest BCUT2D eigenvalue weighted by atomic mass is 79.9. The second-order valence-electron chi connectivity index (χ2n) is 10.8. The lowest BCUT2D eigenvalue weighted by Gasteiger charge is -2.25. The van der Waals surface area contributed by atoms with Gasteiger partial charge in [-0.1, -0.05) is 24.3 Å². The van der Waals surface area contributed by atoms with Gasteiger partial charge in [-0.2, -0.15) is 0 Å². The van der Waals surface area contributed by atoms with Gasteiger partial charge in [0.05, 0.1) is 27.5 Å². The molecule has 4 aromatic rings. The summed E-state index contributed by atoms with van der Waals surface area (Å²) in [5.74, 6) is 0.598. The highest BCUT2D eigenvalue weighted by molar-refractivity contribution is 9.10. The van der Waals surface area contributed by atoms with Crippen LogP contribution in [0.25, 0.3) is 28.0 Å². The van der Waals surface area contributed by atoms with Crippen LogP contribution in [-0.4, -0.2) is 37.5 Å². The number of benzene rings is 1. The van der Waals surface area contributed by atoms with E-state index in [0.29, 0.717) is 11.6 Å². The van der Waals surface area contributed by atoms with Gasteiger partial charge in [0.1, 0.15) is 29.7 Å². The van der Waals surface area contributed by atoms with E-state index in [9.17, 15) is 0 Å². The zero-order chi connectivity index (χ0) is 25.5. The number of pyridine rings is 1. The quantitative estimate of drug-likeness (QED) is 0.354. The molecular formula is C28H29BrN6O2. The Balaban J connectivity index is 1.27. The molecule has 3 aliphatic rings. The lowest BCUT2D eigenvalue weighted by atomic mass is 10.0. The Morgan fingerprint density at radius 2 is 1.92 bits per heavy atom. The van der Waals surface area contributed by atoms with Gasteiger partial charge in [-0.3, -0.25) is 0 Å². The van der Waals surface area contributed by atoms with Gasteiger partial charge in [-0.05, 0) is 78.7 Å². The molecule has 8 nitrogen and oxygen atoms in total. The van der Waals surface area contributed by atoms with Crippen LogP contribution in [0.5, 0.6) is 0 Å². The highest BCUT2D eigenvalue weighted by Gasteiger charge is 2.54. The SMILES string of the molecule is CC1(C)O[C@@H]2[C@H](O1)[C@@H](/C=C/c1ccc3cc(Br)c(N)nc3c1)C[C@H]2n1c2c(c3c(N)ncnc31)CCC2. The van der Waals surface area contributed by atoms with Gasteiger partial charge in [-0.15, -0.1) is 0 Å². The first-order chi connectivity index (χ1) is 17.8. The van der Waals surface area contributed by atoms with Crippen LogP contribution in [-0.2, 0) is 22.3 Å². The molecule has 1 aliphatic heterocycles. The van der Waals surface area contributed by atoms with Crippen molar-refractivity contribution < 1.29 is 9.47 Å². The van der Waals surface area contributed by atoms with E-state index in [0.717, 1.165) is 57.7 Å². The highest BCUT2D eigenvalue weighted by Crippen LogP contribution is 2.50.